The Labute approximate surface area is 117 Å². The van der Waals surface area contributed by atoms with E-state index in [4.69, 9.17) is 4.52 Å². The van der Waals surface area contributed by atoms with Crippen molar-refractivity contribution in [3.05, 3.63) is 22.7 Å². The molecular formula is C14H19N3OS. The minimum atomic E-state index is -0.0747. The molecule has 0 aromatic carbocycles. The summed E-state index contributed by atoms with van der Waals surface area (Å²) < 4.78 is 5.52. The topological polar surface area (TPSA) is 51.0 Å². The molecule has 1 N–H and O–H groups in total. The van der Waals surface area contributed by atoms with E-state index >= 15 is 0 Å². The predicted octanol–water partition coefficient (Wildman–Crippen LogP) is 3.08. The molecule has 0 aliphatic carbocycles. The average molecular weight is 277 g/mol. The maximum atomic E-state index is 5.52. The van der Waals surface area contributed by atoms with Gasteiger partial charge < -0.3 is 9.84 Å². The van der Waals surface area contributed by atoms with E-state index in [-0.39, 0.29) is 5.41 Å². The first-order chi connectivity index (χ1) is 9.18. The molecule has 1 unspecified atom stereocenters. The fourth-order valence-electron chi connectivity index (χ4n) is 2.64. The van der Waals surface area contributed by atoms with Crippen LogP contribution in [0.3, 0.4) is 0 Å². The zero-order chi connectivity index (χ0) is 13.3. The second kappa shape index (κ2) is 5.06. The van der Waals surface area contributed by atoms with Crippen LogP contribution in [0.4, 0.5) is 0 Å². The molecule has 3 rings (SSSR count). The van der Waals surface area contributed by atoms with Crippen LogP contribution in [0.25, 0.3) is 11.4 Å². The van der Waals surface area contributed by atoms with Crippen LogP contribution in [0, 0.1) is 5.92 Å². The summed E-state index contributed by atoms with van der Waals surface area (Å²) in [5, 5.41) is 11.7. The van der Waals surface area contributed by atoms with Crippen LogP contribution in [-0.2, 0) is 5.41 Å². The number of nitrogens with zero attached hydrogens (tertiary/aromatic N) is 2. The van der Waals surface area contributed by atoms with Crippen molar-refractivity contribution < 1.29 is 4.52 Å². The number of nitrogens with one attached hydrogen (secondary N) is 1. The van der Waals surface area contributed by atoms with Gasteiger partial charge in [-0.15, -0.1) is 0 Å². The Morgan fingerprint density at radius 1 is 1.47 bits per heavy atom. The Morgan fingerprint density at radius 2 is 2.37 bits per heavy atom. The largest absolute Gasteiger partial charge is 0.338 e. The predicted molar refractivity (Wildman–Crippen MR) is 76.2 cm³/mol. The zero-order valence-electron chi connectivity index (χ0n) is 11.3. The van der Waals surface area contributed by atoms with E-state index in [1.165, 1.54) is 12.8 Å². The summed E-state index contributed by atoms with van der Waals surface area (Å²) in [7, 11) is 0. The van der Waals surface area contributed by atoms with E-state index < -0.39 is 0 Å². The van der Waals surface area contributed by atoms with Crippen LogP contribution >= 0.6 is 11.3 Å². The monoisotopic (exact) mass is 277 g/mol. The summed E-state index contributed by atoms with van der Waals surface area (Å²) in [6.45, 7) is 6.56. The van der Waals surface area contributed by atoms with Gasteiger partial charge in [-0.05, 0) is 43.3 Å². The minimum absolute atomic E-state index is 0.0747. The molecule has 4 nitrogen and oxygen atoms in total. The number of rotatable bonds is 3. The highest BCUT2D eigenvalue weighted by Crippen LogP contribution is 2.35. The third-order valence-electron chi connectivity index (χ3n) is 4.07. The lowest BCUT2D eigenvalue weighted by Gasteiger charge is -2.34. The number of thiophene rings is 1. The second-order valence-corrected chi connectivity index (χ2v) is 6.48. The molecule has 0 spiro atoms. The van der Waals surface area contributed by atoms with Crippen LogP contribution < -0.4 is 5.32 Å². The van der Waals surface area contributed by atoms with E-state index in [1.54, 1.807) is 11.3 Å². The van der Waals surface area contributed by atoms with Crippen LogP contribution in [0.1, 0.15) is 32.6 Å². The maximum Gasteiger partial charge on any atom is 0.232 e. The van der Waals surface area contributed by atoms with Crippen molar-refractivity contribution in [3.8, 4) is 11.4 Å². The molecule has 0 saturated carbocycles. The molecule has 1 fully saturated rings. The van der Waals surface area contributed by atoms with Gasteiger partial charge in [-0.2, -0.15) is 16.3 Å². The van der Waals surface area contributed by atoms with Crippen LogP contribution in [0.2, 0.25) is 0 Å². The lowest BCUT2D eigenvalue weighted by molar-refractivity contribution is 0.196. The fraction of sp³-hybridized carbons (Fsp3) is 0.571. The van der Waals surface area contributed by atoms with Gasteiger partial charge in [-0.25, -0.2) is 0 Å². The molecule has 19 heavy (non-hydrogen) atoms. The normalized spacial score (nSPS) is 20.6. The van der Waals surface area contributed by atoms with Gasteiger partial charge in [0.15, 0.2) is 0 Å². The molecule has 1 aliphatic rings. The minimum Gasteiger partial charge on any atom is -0.338 e. The Balaban J connectivity index is 1.84. The number of hydrogen-bond donors (Lipinski definition) is 1. The number of hydrogen-bond acceptors (Lipinski definition) is 5. The van der Waals surface area contributed by atoms with Gasteiger partial charge in [0.1, 0.15) is 0 Å². The molecule has 1 atom stereocenters. The molecule has 102 valence electrons. The second-order valence-electron chi connectivity index (χ2n) is 5.70. The van der Waals surface area contributed by atoms with Crippen LogP contribution in [0.5, 0.6) is 0 Å². The number of piperidine rings is 1. The molecule has 5 heteroatoms. The molecule has 2 aromatic heterocycles. The van der Waals surface area contributed by atoms with E-state index in [9.17, 15) is 0 Å². The molecule has 1 saturated heterocycles. The van der Waals surface area contributed by atoms with E-state index in [0.717, 1.165) is 24.5 Å². The molecule has 1 aliphatic heterocycles. The smallest absolute Gasteiger partial charge is 0.232 e. The lowest BCUT2D eigenvalue weighted by Crippen LogP contribution is -2.40. The summed E-state index contributed by atoms with van der Waals surface area (Å²) in [5.41, 5.74) is 0.965. The quantitative estimate of drug-likeness (QED) is 0.936. The van der Waals surface area contributed by atoms with Crippen LogP contribution in [-0.4, -0.2) is 23.2 Å². The lowest BCUT2D eigenvalue weighted by atomic mass is 9.75. The highest BCUT2D eigenvalue weighted by Gasteiger charge is 2.37. The van der Waals surface area contributed by atoms with Crippen molar-refractivity contribution in [3.63, 3.8) is 0 Å². The Bertz CT molecular complexity index is 527. The first kappa shape index (κ1) is 12.8. The van der Waals surface area contributed by atoms with Crippen molar-refractivity contribution in [1.29, 1.82) is 0 Å². The molecule has 0 bridgehead atoms. The van der Waals surface area contributed by atoms with Crippen molar-refractivity contribution in [2.75, 3.05) is 13.1 Å². The van der Waals surface area contributed by atoms with Gasteiger partial charge in [-0.3, -0.25) is 0 Å². The highest BCUT2D eigenvalue weighted by molar-refractivity contribution is 7.08. The highest BCUT2D eigenvalue weighted by atomic mass is 32.1. The zero-order valence-corrected chi connectivity index (χ0v) is 12.2. The van der Waals surface area contributed by atoms with Crippen LogP contribution in [0.15, 0.2) is 21.3 Å². The maximum absolute atomic E-state index is 5.52. The first-order valence-electron chi connectivity index (χ1n) is 6.75. The molecular weight excluding hydrogens is 258 g/mol. The van der Waals surface area contributed by atoms with Gasteiger partial charge in [0.2, 0.25) is 11.7 Å². The third kappa shape index (κ3) is 2.44. The summed E-state index contributed by atoms with van der Waals surface area (Å²) in [6, 6.07) is 2.02. The molecule has 0 amide bonds. The van der Waals surface area contributed by atoms with Gasteiger partial charge in [0.05, 0.1) is 0 Å². The Hall–Kier alpha value is -1.20. The van der Waals surface area contributed by atoms with Gasteiger partial charge >= 0.3 is 0 Å². The Kier molecular flexibility index (Phi) is 3.41. The van der Waals surface area contributed by atoms with Gasteiger partial charge in [0.25, 0.3) is 0 Å². The fourth-order valence-corrected chi connectivity index (χ4v) is 3.27. The summed E-state index contributed by atoms with van der Waals surface area (Å²) in [6.07, 6.45) is 2.44. The van der Waals surface area contributed by atoms with Crippen molar-refractivity contribution >= 4 is 11.3 Å². The SMILES string of the molecule is CC(C)(c1nc(-c2ccsc2)no1)C1CCCNC1. The Morgan fingerprint density at radius 3 is 3.05 bits per heavy atom. The molecule has 0 radical (unpaired) electrons. The summed E-state index contributed by atoms with van der Waals surface area (Å²) >= 11 is 1.65. The van der Waals surface area contributed by atoms with E-state index in [0.29, 0.717) is 11.7 Å². The molecule has 3 heterocycles. The number of aromatic nitrogens is 2. The van der Waals surface area contributed by atoms with E-state index in [1.807, 2.05) is 16.8 Å². The summed E-state index contributed by atoms with van der Waals surface area (Å²) in [4.78, 5) is 4.60. The molecule has 2 aromatic rings. The van der Waals surface area contributed by atoms with Gasteiger partial charge in [0, 0.05) is 16.4 Å². The van der Waals surface area contributed by atoms with Crippen molar-refractivity contribution in [1.82, 2.24) is 15.5 Å². The first-order valence-corrected chi connectivity index (χ1v) is 7.69. The standard InChI is InChI=1S/C14H19N3OS/c1-14(2,11-4-3-6-15-8-11)13-16-12(17-18-13)10-5-7-19-9-10/h5,7,9,11,15H,3-4,6,8H2,1-2H3. The van der Waals surface area contributed by atoms with Crippen molar-refractivity contribution in [2.24, 2.45) is 5.92 Å². The average Bonchev–Trinajstić information content (AvgIpc) is 3.10. The van der Waals surface area contributed by atoms with E-state index in [2.05, 4.69) is 29.3 Å². The third-order valence-corrected chi connectivity index (χ3v) is 4.76. The van der Waals surface area contributed by atoms with Crippen molar-refractivity contribution in [2.45, 2.75) is 32.1 Å². The van der Waals surface area contributed by atoms with Gasteiger partial charge in [-0.1, -0.05) is 19.0 Å². The summed E-state index contributed by atoms with van der Waals surface area (Å²) in [5.74, 6) is 2.01.